The number of phenolic OH excluding ortho intramolecular Hbond substituents is 1. The number of para-hydroxylation sites is 1. The predicted octanol–water partition coefficient (Wildman–Crippen LogP) is 2.24. The molecule has 0 spiro atoms. The molecule has 3 nitrogen and oxygen atoms in total. The van der Waals surface area contributed by atoms with Gasteiger partial charge in [0.15, 0.2) is 11.5 Å². The van der Waals surface area contributed by atoms with E-state index in [4.69, 9.17) is 10.5 Å². The molecule has 0 radical (unpaired) electrons. The van der Waals surface area contributed by atoms with Crippen molar-refractivity contribution >= 4 is 0 Å². The van der Waals surface area contributed by atoms with Gasteiger partial charge in [-0.2, -0.15) is 0 Å². The normalized spacial score (nSPS) is 26.5. The van der Waals surface area contributed by atoms with Crippen LogP contribution in [0, 0.1) is 5.41 Å². The maximum atomic E-state index is 10.1. The number of benzene rings is 1. The lowest BCUT2D eigenvalue weighted by Crippen LogP contribution is -2.06. The van der Waals surface area contributed by atoms with Crippen molar-refractivity contribution in [2.24, 2.45) is 11.1 Å². The Bertz CT molecular complexity index is 401. The van der Waals surface area contributed by atoms with Crippen LogP contribution >= 0.6 is 0 Å². The van der Waals surface area contributed by atoms with Crippen molar-refractivity contribution in [1.29, 1.82) is 0 Å². The van der Waals surface area contributed by atoms with E-state index in [1.54, 1.807) is 6.07 Å². The van der Waals surface area contributed by atoms with E-state index in [0.717, 1.165) is 5.56 Å². The first-order chi connectivity index (χ1) is 7.50. The zero-order chi connectivity index (χ0) is 11.9. The van der Waals surface area contributed by atoms with Gasteiger partial charge in [0.05, 0.1) is 6.61 Å². The van der Waals surface area contributed by atoms with Crippen LogP contribution in [0.15, 0.2) is 18.2 Å². The summed E-state index contributed by atoms with van der Waals surface area (Å²) in [5.74, 6) is 1.03. The van der Waals surface area contributed by atoms with Gasteiger partial charge in [-0.3, -0.25) is 0 Å². The average molecular weight is 221 g/mol. The molecule has 3 heteroatoms. The third-order valence-electron chi connectivity index (χ3n) is 3.58. The highest BCUT2D eigenvalue weighted by atomic mass is 16.5. The third-order valence-corrected chi connectivity index (χ3v) is 3.58. The third kappa shape index (κ3) is 1.55. The maximum absolute atomic E-state index is 10.1. The van der Waals surface area contributed by atoms with Crippen LogP contribution in [0.2, 0.25) is 0 Å². The van der Waals surface area contributed by atoms with E-state index in [1.807, 2.05) is 19.1 Å². The molecule has 0 saturated heterocycles. The lowest BCUT2D eigenvalue weighted by molar-refractivity contribution is 0.316. The van der Waals surface area contributed by atoms with E-state index < -0.39 is 0 Å². The first-order valence-corrected chi connectivity index (χ1v) is 5.70. The standard InChI is InChI=1S/C13H19NO2/c1-4-16-9-7-5-6-8(11(9)15)10-12(14)13(10,2)3/h5-7,10,12,15H,4,14H2,1-3H3/t10-,12-/m1/s1. The largest absolute Gasteiger partial charge is 0.504 e. The van der Waals surface area contributed by atoms with Crippen molar-refractivity contribution in [3.8, 4) is 11.5 Å². The molecule has 0 amide bonds. The second-order valence-corrected chi connectivity index (χ2v) is 4.95. The molecule has 0 bridgehead atoms. The summed E-state index contributed by atoms with van der Waals surface area (Å²) >= 11 is 0. The van der Waals surface area contributed by atoms with Crippen molar-refractivity contribution in [2.45, 2.75) is 32.7 Å². The SMILES string of the molecule is CCOc1cccc([C@@H]2[C@@H](N)C2(C)C)c1O. The highest BCUT2D eigenvalue weighted by Gasteiger charge is 2.57. The molecule has 1 saturated carbocycles. The van der Waals surface area contributed by atoms with Gasteiger partial charge in [-0.15, -0.1) is 0 Å². The minimum atomic E-state index is 0.0717. The second-order valence-electron chi connectivity index (χ2n) is 4.95. The predicted molar refractivity (Wildman–Crippen MR) is 63.8 cm³/mol. The van der Waals surface area contributed by atoms with Crippen molar-refractivity contribution in [1.82, 2.24) is 0 Å². The summed E-state index contributed by atoms with van der Waals surface area (Å²) in [6, 6.07) is 5.73. The first-order valence-electron chi connectivity index (χ1n) is 5.70. The van der Waals surface area contributed by atoms with Crippen LogP contribution in [-0.4, -0.2) is 17.8 Å². The molecule has 0 aliphatic heterocycles. The molecule has 1 aromatic carbocycles. The van der Waals surface area contributed by atoms with Gasteiger partial charge >= 0.3 is 0 Å². The summed E-state index contributed by atoms with van der Waals surface area (Å²) in [6.07, 6.45) is 0. The second kappa shape index (κ2) is 3.67. The first kappa shape index (κ1) is 11.3. The molecule has 0 heterocycles. The summed E-state index contributed by atoms with van der Waals surface area (Å²) in [7, 11) is 0. The fraction of sp³-hybridized carbons (Fsp3) is 0.538. The minimum absolute atomic E-state index is 0.0717. The molecule has 0 aromatic heterocycles. The molecule has 88 valence electrons. The fourth-order valence-corrected chi connectivity index (χ4v) is 2.33. The van der Waals surface area contributed by atoms with Crippen LogP contribution in [0.3, 0.4) is 0 Å². The van der Waals surface area contributed by atoms with Crippen LogP contribution in [-0.2, 0) is 0 Å². The Morgan fingerprint density at radius 3 is 2.56 bits per heavy atom. The lowest BCUT2D eigenvalue weighted by atomic mass is 10.0. The Kier molecular flexibility index (Phi) is 2.58. The zero-order valence-corrected chi connectivity index (χ0v) is 10.0. The van der Waals surface area contributed by atoms with Crippen molar-refractivity contribution in [2.75, 3.05) is 6.61 Å². The van der Waals surface area contributed by atoms with Gasteiger partial charge in [-0.1, -0.05) is 26.0 Å². The molecule has 2 rings (SSSR count). The molecule has 0 unspecified atom stereocenters. The monoisotopic (exact) mass is 221 g/mol. The molecule has 16 heavy (non-hydrogen) atoms. The van der Waals surface area contributed by atoms with Gasteiger partial charge in [-0.25, -0.2) is 0 Å². The van der Waals surface area contributed by atoms with E-state index >= 15 is 0 Å². The summed E-state index contributed by atoms with van der Waals surface area (Å²) < 4.78 is 5.37. The van der Waals surface area contributed by atoms with Crippen molar-refractivity contribution < 1.29 is 9.84 Å². The number of aromatic hydroxyl groups is 1. The molecule has 1 aliphatic rings. The topological polar surface area (TPSA) is 55.5 Å². The van der Waals surface area contributed by atoms with Gasteiger partial charge in [0, 0.05) is 17.5 Å². The summed E-state index contributed by atoms with van der Waals surface area (Å²) in [6.45, 7) is 6.69. The van der Waals surface area contributed by atoms with Gasteiger partial charge in [-0.05, 0) is 18.4 Å². The Labute approximate surface area is 96.2 Å². The van der Waals surface area contributed by atoms with Crippen LogP contribution in [0.25, 0.3) is 0 Å². The van der Waals surface area contributed by atoms with Gasteiger partial charge in [0.1, 0.15) is 0 Å². The quantitative estimate of drug-likeness (QED) is 0.823. The summed E-state index contributed by atoms with van der Waals surface area (Å²) in [5, 5.41) is 10.1. The minimum Gasteiger partial charge on any atom is -0.504 e. The number of phenols is 1. The van der Waals surface area contributed by atoms with E-state index in [9.17, 15) is 5.11 Å². The molecule has 1 fully saturated rings. The number of hydrogen-bond acceptors (Lipinski definition) is 3. The molecular formula is C13H19NO2. The van der Waals surface area contributed by atoms with Crippen LogP contribution < -0.4 is 10.5 Å². The molecule has 2 atom stereocenters. The number of ether oxygens (including phenoxy) is 1. The van der Waals surface area contributed by atoms with Crippen LogP contribution in [0.5, 0.6) is 11.5 Å². The van der Waals surface area contributed by atoms with Crippen molar-refractivity contribution in [3.63, 3.8) is 0 Å². The van der Waals surface area contributed by atoms with E-state index in [1.165, 1.54) is 0 Å². The Hall–Kier alpha value is -1.22. The lowest BCUT2D eigenvalue weighted by Gasteiger charge is -2.10. The average Bonchev–Trinajstić information content (AvgIpc) is 2.71. The van der Waals surface area contributed by atoms with Gasteiger partial charge in [0.2, 0.25) is 0 Å². The van der Waals surface area contributed by atoms with E-state index in [0.29, 0.717) is 12.4 Å². The number of rotatable bonds is 3. The molecular weight excluding hydrogens is 202 g/mol. The number of nitrogens with two attached hydrogens (primary N) is 1. The van der Waals surface area contributed by atoms with Gasteiger partial charge in [0.25, 0.3) is 0 Å². The summed E-state index contributed by atoms with van der Waals surface area (Å²) in [5.41, 5.74) is 6.99. The Balaban J connectivity index is 2.33. The summed E-state index contributed by atoms with van der Waals surface area (Å²) in [4.78, 5) is 0. The Morgan fingerprint density at radius 2 is 2.06 bits per heavy atom. The molecule has 1 aliphatic carbocycles. The highest BCUT2D eigenvalue weighted by molar-refractivity contribution is 5.51. The smallest absolute Gasteiger partial charge is 0.161 e. The Morgan fingerprint density at radius 1 is 1.44 bits per heavy atom. The van der Waals surface area contributed by atoms with E-state index in [-0.39, 0.29) is 23.1 Å². The van der Waals surface area contributed by atoms with Crippen LogP contribution in [0.1, 0.15) is 32.3 Å². The molecule has 1 aromatic rings. The highest BCUT2D eigenvalue weighted by Crippen LogP contribution is 2.59. The van der Waals surface area contributed by atoms with Crippen molar-refractivity contribution in [3.05, 3.63) is 23.8 Å². The van der Waals surface area contributed by atoms with E-state index in [2.05, 4.69) is 13.8 Å². The fourth-order valence-electron chi connectivity index (χ4n) is 2.33. The number of hydrogen-bond donors (Lipinski definition) is 2. The van der Waals surface area contributed by atoms with Gasteiger partial charge < -0.3 is 15.6 Å². The maximum Gasteiger partial charge on any atom is 0.161 e. The molecule has 3 N–H and O–H groups in total. The van der Waals surface area contributed by atoms with Crippen LogP contribution in [0.4, 0.5) is 0 Å². The zero-order valence-electron chi connectivity index (χ0n) is 10.0.